The van der Waals surface area contributed by atoms with E-state index >= 15 is 0 Å². The molecule has 0 aromatic carbocycles. The minimum atomic E-state index is -0.559. The first kappa shape index (κ1) is 65.0. The molecule has 3 atom stereocenters. The fourth-order valence-electron chi connectivity index (χ4n) is 2.22. The molecule has 3 N–H and O–H groups in total. The van der Waals surface area contributed by atoms with Crippen molar-refractivity contribution in [3.8, 4) is 0 Å². The first-order chi connectivity index (χ1) is 20.7. The summed E-state index contributed by atoms with van der Waals surface area (Å²) in [5.74, 6) is -0.543. The summed E-state index contributed by atoms with van der Waals surface area (Å²) in [6.07, 6.45) is 6.17. The molecule has 0 aromatic rings. The van der Waals surface area contributed by atoms with Gasteiger partial charge in [-0.1, -0.05) is 47.5 Å². The number of ketones is 2. The van der Waals surface area contributed by atoms with Gasteiger partial charge in [-0.25, -0.2) is 0 Å². The Bertz CT molecular complexity index is 525. The number of carbonyl (C=O) groups is 2. The Morgan fingerprint density at radius 1 is 0.739 bits per heavy atom. The molecule has 0 aliphatic heterocycles. The van der Waals surface area contributed by atoms with Crippen LogP contribution in [0.5, 0.6) is 0 Å². The quantitative estimate of drug-likeness (QED) is 0.0629. The largest absolute Gasteiger partial charge is 1.00 e. The van der Waals surface area contributed by atoms with Crippen LogP contribution < -0.4 is 29.6 Å². The van der Waals surface area contributed by atoms with E-state index in [9.17, 15) is 9.59 Å². The molecule has 0 spiro atoms. The number of aliphatic hydroxyl groups excluding tert-OH is 3. The second-order valence-corrected chi connectivity index (χ2v) is 9.09. The van der Waals surface area contributed by atoms with Crippen molar-refractivity contribution in [2.24, 2.45) is 0 Å². The summed E-state index contributed by atoms with van der Waals surface area (Å²) < 4.78 is 35.0. The predicted octanol–water partition coefficient (Wildman–Crippen LogP) is -1.23. The number of aliphatic hydroxyl groups is 3. The summed E-state index contributed by atoms with van der Waals surface area (Å²) >= 11 is 0. The average molecular weight is 694 g/mol. The molecular formula is C29H67B3NaO12P. The van der Waals surface area contributed by atoms with Crippen molar-refractivity contribution in [1.82, 2.24) is 0 Å². The standard InChI is InChI=1S/C9H20O3.C8H18O3.C8H16O3.C3H6O3.CH4.B2H2P.B.Na.H/c1-4-5-6-12-8-9(11-3)7-10-2;2*1-3-4-5-11-7-8(9)6-10-2;4-1-3(6)2-5;;1-2-3;;;/h9H,4-8H2,1-3H3;8-9H,3-7H2,1-2H3;3-7H2,1-2H3;4-5H,1-2H2;1H4;3H2;;;/q;;;;;;;+1;-1. The second-order valence-electron chi connectivity index (χ2n) is 8.70. The third kappa shape index (κ3) is 75.1. The Morgan fingerprint density at radius 2 is 1.15 bits per heavy atom. The van der Waals surface area contributed by atoms with Crippen LogP contribution in [0.3, 0.4) is 0 Å². The first-order valence-electron chi connectivity index (χ1n) is 14.6. The zero-order chi connectivity index (χ0) is 34.0. The zero-order valence-corrected chi connectivity index (χ0v) is 32.7. The number of hydrogen-bond donors (Lipinski definition) is 3. The van der Waals surface area contributed by atoms with Gasteiger partial charge in [0.2, 0.25) is 0 Å². The van der Waals surface area contributed by atoms with Crippen molar-refractivity contribution in [1.29, 1.82) is 0 Å². The summed E-state index contributed by atoms with van der Waals surface area (Å²) in [5, 5.41) is 24.7. The van der Waals surface area contributed by atoms with Gasteiger partial charge in [0, 0.05) is 64.4 Å². The van der Waals surface area contributed by atoms with Gasteiger partial charge in [-0.05, 0) is 19.3 Å². The molecule has 270 valence electrons. The van der Waals surface area contributed by atoms with E-state index in [0.29, 0.717) is 33.0 Å². The SMILES string of the molecule is C.CCCCOCC(=O)COC.CCCCOCC(COC)OC.CCCCOCC(O)COC.O=C(CO)CO.[B].[B][B]P.[H-].[Na+]. The normalized spacial score (nSPS) is 10.4. The predicted molar refractivity (Wildman–Crippen MR) is 189 cm³/mol. The van der Waals surface area contributed by atoms with Gasteiger partial charge < -0.3 is 49.9 Å². The van der Waals surface area contributed by atoms with Gasteiger partial charge in [0.15, 0.2) is 11.6 Å². The molecule has 0 rings (SSSR count). The van der Waals surface area contributed by atoms with Crippen LogP contribution in [0.15, 0.2) is 0 Å². The summed E-state index contributed by atoms with van der Waals surface area (Å²) in [4.78, 5) is 20.4. The third-order valence-corrected chi connectivity index (χ3v) is 4.51. The molecule has 0 aliphatic rings. The van der Waals surface area contributed by atoms with E-state index in [1.165, 1.54) is 20.4 Å². The average Bonchev–Trinajstić information content (AvgIpc) is 3.00. The van der Waals surface area contributed by atoms with E-state index in [-0.39, 0.29) is 71.9 Å². The van der Waals surface area contributed by atoms with Crippen LogP contribution in [0, 0.1) is 0 Å². The van der Waals surface area contributed by atoms with E-state index in [1.807, 2.05) is 0 Å². The fraction of sp³-hybridized carbons (Fsp3) is 0.931. The maximum absolute atomic E-state index is 10.8. The maximum Gasteiger partial charge on any atom is 1.00 e. The molecule has 0 bridgehead atoms. The number of carbonyl (C=O) groups excluding carboxylic acids is 2. The van der Waals surface area contributed by atoms with Crippen molar-refractivity contribution >= 4 is 43.7 Å². The number of ether oxygens (including phenoxy) is 7. The molecule has 0 saturated carbocycles. The summed E-state index contributed by atoms with van der Waals surface area (Å²) in [6.45, 7) is 11.2. The molecule has 0 heterocycles. The van der Waals surface area contributed by atoms with Crippen LogP contribution in [0.2, 0.25) is 0 Å². The summed E-state index contributed by atoms with van der Waals surface area (Å²) in [6, 6.07) is 0. The van der Waals surface area contributed by atoms with Gasteiger partial charge in [0.05, 0.1) is 33.3 Å². The molecule has 0 fully saturated rings. The Morgan fingerprint density at radius 3 is 1.48 bits per heavy atom. The molecule has 12 nitrogen and oxygen atoms in total. The van der Waals surface area contributed by atoms with Crippen molar-refractivity contribution in [3.63, 3.8) is 0 Å². The Balaban J connectivity index is -0.0000000563. The van der Waals surface area contributed by atoms with Gasteiger partial charge in [-0.3, -0.25) is 9.59 Å². The number of unbranched alkanes of at least 4 members (excludes halogenated alkanes) is 3. The second kappa shape index (κ2) is 64.1. The van der Waals surface area contributed by atoms with Gasteiger partial charge in [-0.2, -0.15) is 9.12 Å². The Hall–Kier alpha value is 0.565. The minimum absolute atomic E-state index is 0. The molecule has 6 radical (unpaired) electrons. The fourth-order valence-corrected chi connectivity index (χ4v) is 2.22. The Kier molecular flexibility index (Phi) is 90.6. The van der Waals surface area contributed by atoms with E-state index in [2.05, 4.69) is 42.4 Å². The van der Waals surface area contributed by atoms with Crippen LogP contribution in [-0.4, -0.2) is 163 Å². The van der Waals surface area contributed by atoms with Crippen molar-refractivity contribution in [2.75, 3.05) is 101 Å². The van der Waals surface area contributed by atoms with Crippen molar-refractivity contribution in [2.45, 2.75) is 78.9 Å². The van der Waals surface area contributed by atoms with E-state index in [0.717, 1.165) is 45.3 Å². The summed E-state index contributed by atoms with van der Waals surface area (Å²) in [7, 11) is 13.3. The molecule has 0 aliphatic carbocycles. The van der Waals surface area contributed by atoms with E-state index in [4.69, 9.17) is 43.7 Å². The molecular weight excluding hydrogens is 627 g/mol. The number of hydrogen-bond acceptors (Lipinski definition) is 12. The monoisotopic (exact) mass is 694 g/mol. The van der Waals surface area contributed by atoms with Crippen LogP contribution in [0.25, 0.3) is 0 Å². The molecule has 0 saturated heterocycles. The summed E-state index contributed by atoms with van der Waals surface area (Å²) in [5.41, 5.74) is 0. The Labute approximate surface area is 311 Å². The number of Topliss-reactive ketones (excluding diaryl/α,β-unsaturated/α-hetero) is 2. The smallest absolute Gasteiger partial charge is 1.00 e. The minimum Gasteiger partial charge on any atom is -1.00 e. The van der Waals surface area contributed by atoms with Gasteiger partial charge >= 0.3 is 29.6 Å². The number of methoxy groups -OCH3 is 4. The molecule has 3 unspecified atom stereocenters. The van der Waals surface area contributed by atoms with Crippen molar-refractivity contribution < 1.29 is 89.1 Å². The molecule has 0 aromatic heterocycles. The first-order valence-corrected chi connectivity index (χ1v) is 15.3. The van der Waals surface area contributed by atoms with Crippen LogP contribution in [0.1, 0.15) is 68.1 Å². The van der Waals surface area contributed by atoms with E-state index in [1.54, 1.807) is 21.3 Å². The van der Waals surface area contributed by atoms with Crippen molar-refractivity contribution in [3.05, 3.63) is 0 Å². The van der Waals surface area contributed by atoms with Gasteiger partial charge in [0.25, 0.3) is 0 Å². The van der Waals surface area contributed by atoms with Crippen LogP contribution in [-0.2, 0) is 42.7 Å². The molecule has 0 amide bonds. The van der Waals surface area contributed by atoms with Gasteiger partial charge in [-0.15, -0.1) is 0 Å². The zero-order valence-electron chi connectivity index (χ0n) is 30.5. The maximum atomic E-state index is 10.8. The van der Waals surface area contributed by atoms with E-state index < -0.39 is 25.1 Å². The van der Waals surface area contributed by atoms with Crippen LogP contribution >= 0.6 is 9.12 Å². The molecule has 46 heavy (non-hydrogen) atoms. The number of rotatable bonds is 24. The van der Waals surface area contributed by atoms with Crippen LogP contribution in [0.4, 0.5) is 0 Å². The van der Waals surface area contributed by atoms with Gasteiger partial charge in [0.1, 0.15) is 38.6 Å². The topological polar surface area (TPSA) is 159 Å². The third-order valence-electron chi connectivity index (χ3n) is 4.51. The molecule has 17 heteroatoms.